The molecule has 0 saturated heterocycles. The summed E-state index contributed by atoms with van der Waals surface area (Å²) in [5.41, 5.74) is 3.32. The van der Waals surface area contributed by atoms with Crippen LogP contribution in [0.4, 0.5) is 0 Å². The van der Waals surface area contributed by atoms with E-state index < -0.39 is 5.97 Å². The van der Waals surface area contributed by atoms with Gasteiger partial charge >= 0.3 is 5.97 Å². The van der Waals surface area contributed by atoms with Crippen molar-refractivity contribution in [3.05, 3.63) is 70.8 Å². The number of carbonyl (C=O) groups is 2. The molecule has 144 valence electrons. The Morgan fingerprint density at radius 3 is 2.11 bits per heavy atom. The van der Waals surface area contributed by atoms with Crippen LogP contribution in [0, 0.1) is 5.92 Å². The van der Waals surface area contributed by atoms with Gasteiger partial charge in [-0.05, 0) is 41.2 Å². The van der Waals surface area contributed by atoms with Gasteiger partial charge in [0.05, 0.1) is 18.2 Å². The summed E-state index contributed by atoms with van der Waals surface area (Å²) in [6.07, 6.45) is 0.966. The fourth-order valence-corrected chi connectivity index (χ4v) is 2.77. The maximum atomic E-state index is 12.3. The van der Waals surface area contributed by atoms with Crippen molar-refractivity contribution in [2.45, 2.75) is 39.8 Å². The number of rotatable bonds is 8. The van der Waals surface area contributed by atoms with Gasteiger partial charge < -0.3 is 15.2 Å². The lowest BCUT2D eigenvalue weighted by Gasteiger charge is -2.23. The van der Waals surface area contributed by atoms with Crippen molar-refractivity contribution in [1.29, 1.82) is 0 Å². The van der Waals surface area contributed by atoms with Crippen LogP contribution in [-0.2, 0) is 22.6 Å². The largest absolute Gasteiger partial charge is 0.452 e. The van der Waals surface area contributed by atoms with Gasteiger partial charge in [0.25, 0.3) is 5.91 Å². The summed E-state index contributed by atoms with van der Waals surface area (Å²) in [6.45, 7) is 5.74. The molecule has 1 amide bonds. The molecular weight excluding hydrogens is 342 g/mol. The van der Waals surface area contributed by atoms with Crippen LogP contribution in [0.15, 0.2) is 48.5 Å². The average Bonchev–Trinajstić information content (AvgIpc) is 2.70. The summed E-state index contributed by atoms with van der Waals surface area (Å²) in [4.78, 5) is 24.3. The number of esters is 1. The number of hydrogen-bond donors (Lipinski definition) is 2. The third-order valence-electron chi connectivity index (χ3n) is 4.44. The lowest BCUT2D eigenvalue weighted by Crippen LogP contribution is -2.35. The summed E-state index contributed by atoms with van der Waals surface area (Å²) in [5.74, 6) is -0.709. The summed E-state index contributed by atoms with van der Waals surface area (Å²) < 4.78 is 5.10. The molecule has 5 heteroatoms. The molecule has 27 heavy (non-hydrogen) atoms. The Balaban J connectivity index is 1.93. The quantitative estimate of drug-likeness (QED) is 0.699. The molecule has 2 N–H and O–H groups in total. The minimum Gasteiger partial charge on any atom is -0.452 e. The number of hydrogen-bond acceptors (Lipinski definition) is 4. The van der Waals surface area contributed by atoms with Gasteiger partial charge in [0.15, 0.2) is 6.61 Å². The lowest BCUT2D eigenvalue weighted by molar-refractivity contribution is -0.125. The molecule has 0 bridgehead atoms. The molecule has 2 aromatic carbocycles. The highest BCUT2D eigenvalue weighted by Gasteiger charge is 2.19. The first-order chi connectivity index (χ1) is 12.9. The van der Waals surface area contributed by atoms with Crippen LogP contribution in [-0.4, -0.2) is 23.6 Å². The van der Waals surface area contributed by atoms with Crippen molar-refractivity contribution in [2.24, 2.45) is 5.92 Å². The van der Waals surface area contributed by atoms with E-state index in [1.807, 2.05) is 26.0 Å². The van der Waals surface area contributed by atoms with E-state index in [0.29, 0.717) is 11.1 Å². The Morgan fingerprint density at radius 1 is 1.00 bits per heavy atom. The van der Waals surface area contributed by atoms with Gasteiger partial charge in [0.2, 0.25) is 0 Å². The number of benzene rings is 2. The highest BCUT2D eigenvalue weighted by Crippen LogP contribution is 2.22. The van der Waals surface area contributed by atoms with E-state index in [1.54, 1.807) is 24.3 Å². The van der Waals surface area contributed by atoms with Crippen molar-refractivity contribution in [3.63, 3.8) is 0 Å². The first kappa shape index (κ1) is 20.6. The van der Waals surface area contributed by atoms with Crippen LogP contribution in [0.1, 0.15) is 53.9 Å². The number of aryl methyl sites for hydroxylation is 1. The molecule has 0 radical (unpaired) electrons. The molecule has 5 nitrogen and oxygen atoms in total. The summed E-state index contributed by atoms with van der Waals surface area (Å²) in [7, 11) is 0. The number of ether oxygens (including phenoxy) is 1. The van der Waals surface area contributed by atoms with Gasteiger partial charge in [-0.1, -0.05) is 57.2 Å². The molecule has 0 spiro atoms. The number of aliphatic hydroxyl groups is 1. The number of aliphatic hydroxyl groups excluding tert-OH is 1. The Hall–Kier alpha value is -2.66. The zero-order chi connectivity index (χ0) is 19.8. The zero-order valence-electron chi connectivity index (χ0n) is 16.1. The average molecular weight is 369 g/mol. The maximum absolute atomic E-state index is 12.3. The molecule has 1 atom stereocenters. The molecule has 0 saturated carbocycles. The lowest BCUT2D eigenvalue weighted by atomic mass is 9.95. The van der Waals surface area contributed by atoms with Gasteiger partial charge in [-0.2, -0.15) is 0 Å². The SMILES string of the molecule is CCc1ccc([C@@H](NC(=O)COC(=O)c2ccc(CO)cc2)C(C)C)cc1. The van der Waals surface area contributed by atoms with Crippen LogP contribution in [0.3, 0.4) is 0 Å². The van der Waals surface area contributed by atoms with E-state index in [-0.39, 0.29) is 31.1 Å². The van der Waals surface area contributed by atoms with Crippen molar-refractivity contribution in [2.75, 3.05) is 6.61 Å². The molecule has 0 fully saturated rings. The Morgan fingerprint density at radius 2 is 1.59 bits per heavy atom. The van der Waals surface area contributed by atoms with E-state index >= 15 is 0 Å². The smallest absolute Gasteiger partial charge is 0.338 e. The zero-order valence-corrected chi connectivity index (χ0v) is 16.1. The maximum Gasteiger partial charge on any atom is 0.338 e. The van der Waals surface area contributed by atoms with Gasteiger partial charge in [-0.15, -0.1) is 0 Å². The molecule has 0 heterocycles. The van der Waals surface area contributed by atoms with E-state index in [2.05, 4.69) is 24.4 Å². The van der Waals surface area contributed by atoms with Crippen LogP contribution in [0.2, 0.25) is 0 Å². The van der Waals surface area contributed by atoms with Crippen LogP contribution >= 0.6 is 0 Å². The number of amides is 1. The highest BCUT2D eigenvalue weighted by atomic mass is 16.5. The van der Waals surface area contributed by atoms with Crippen molar-refractivity contribution in [3.8, 4) is 0 Å². The van der Waals surface area contributed by atoms with Crippen LogP contribution < -0.4 is 5.32 Å². The van der Waals surface area contributed by atoms with Crippen LogP contribution in [0.25, 0.3) is 0 Å². The van der Waals surface area contributed by atoms with Crippen molar-refractivity contribution < 1.29 is 19.4 Å². The molecule has 2 aromatic rings. The van der Waals surface area contributed by atoms with Gasteiger partial charge in [-0.3, -0.25) is 4.79 Å². The number of nitrogens with one attached hydrogen (secondary N) is 1. The van der Waals surface area contributed by atoms with E-state index in [9.17, 15) is 9.59 Å². The Kier molecular flexibility index (Phi) is 7.55. The molecule has 0 unspecified atom stereocenters. The molecule has 0 aromatic heterocycles. The third kappa shape index (κ3) is 5.93. The summed E-state index contributed by atoms with van der Waals surface area (Å²) in [5, 5.41) is 12.0. The molecular formula is C22H27NO4. The second kappa shape index (κ2) is 9.88. The topological polar surface area (TPSA) is 75.6 Å². The van der Waals surface area contributed by atoms with Gasteiger partial charge in [0, 0.05) is 0 Å². The molecule has 0 aliphatic carbocycles. The van der Waals surface area contributed by atoms with E-state index in [4.69, 9.17) is 9.84 Å². The summed E-state index contributed by atoms with van der Waals surface area (Å²) >= 11 is 0. The third-order valence-corrected chi connectivity index (χ3v) is 4.44. The number of carbonyl (C=O) groups excluding carboxylic acids is 2. The van der Waals surface area contributed by atoms with Gasteiger partial charge in [0.1, 0.15) is 0 Å². The minimum absolute atomic E-state index is 0.0897. The first-order valence-corrected chi connectivity index (χ1v) is 9.19. The van der Waals surface area contributed by atoms with Crippen molar-refractivity contribution in [1.82, 2.24) is 5.32 Å². The molecule has 0 aliphatic heterocycles. The highest BCUT2D eigenvalue weighted by molar-refractivity contribution is 5.91. The minimum atomic E-state index is -0.567. The first-order valence-electron chi connectivity index (χ1n) is 9.19. The predicted octanol–water partition coefficient (Wildman–Crippen LogP) is 3.41. The monoisotopic (exact) mass is 369 g/mol. The second-order valence-corrected chi connectivity index (χ2v) is 6.82. The molecule has 0 aliphatic rings. The standard InChI is InChI=1S/C22H27NO4/c1-4-16-5-9-18(10-6-16)21(15(2)3)23-20(25)14-27-22(26)19-11-7-17(13-24)8-12-19/h5-12,15,21,24H,4,13-14H2,1-3H3,(H,23,25)/t21-/m0/s1. The fourth-order valence-electron chi connectivity index (χ4n) is 2.77. The normalized spacial score (nSPS) is 11.9. The Labute approximate surface area is 160 Å². The van der Waals surface area contributed by atoms with Crippen molar-refractivity contribution >= 4 is 11.9 Å². The van der Waals surface area contributed by atoms with E-state index in [0.717, 1.165) is 12.0 Å². The summed E-state index contributed by atoms with van der Waals surface area (Å²) in [6, 6.07) is 14.5. The van der Waals surface area contributed by atoms with Gasteiger partial charge in [-0.25, -0.2) is 4.79 Å². The second-order valence-electron chi connectivity index (χ2n) is 6.82. The fraction of sp³-hybridized carbons (Fsp3) is 0.364. The Bertz CT molecular complexity index is 751. The molecule has 2 rings (SSSR count). The van der Waals surface area contributed by atoms with Crippen LogP contribution in [0.5, 0.6) is 0 Å². The van der Waals surface area contributed by atoms with E-state index in [1.165, 1.54) is 5.56 Å². The predicted molar refractivity (Wildman–Crippen MR) is 104 cm³/mol.